The molecule has 0 aliphatic rings. The lowest BCUT2D eigenvalue weighted by Crippen LogP contribution is -2.01. The quantitative estimate of drug-likeness (QED) is 0.500. The van der Waals surface area contributed by atoms with Crippen LogP contribution in [0.1, 0.15) is 26.7 Å². The van der Waals surface area contributed by atoms with Gasteiger partial charge in [-0.3, -0.25) is 0 Å². The van der Waals surface area contributed by atoms with Crippen molar-refractivity contribution in [3.8, 4) is 11.5 Å². The van der Waals surface area contributed by atoms with E-state index in [1.807, 2.05) is 24.3 Å². The second-order valence-electron chi connectivity index (χ2n) is 5.56. The Morgan fingerprint density at radius 2 is 1.30 bits per heavy atom. The van der Waals surface area contributed by atoms with Crippen molar-refractivity contribution in [1.82, 2.24) is 0 Å². The maximum absolute atomic E-state index is 6.51. The van der Waals surface area contributed by atoms with E-state index in [1.54, 1.807) is 0 Å². The van der Waals surface area contributed by atoms with Gasteiger partial charge < -0.3 is 9.47 Å². The van der Waals surface area contributed by atoms with Gasteiger partial charge in [-0.1, -0.05) is 61.8 Å². The first-order chi connectivity index (χ1) is 11.3. The third-order valence-electron chi connectivity index (χ3n) is 3.80. The maximum atomic E-state index is 6.51. The molecule has 0 radical (unpaired) electrons. The Morgan fingerprint density at radius 1 is 0.739 bits per heavy atom. The monoisotopic (exact) mass is 328 g/mol. The molecule has 0 aliphatic carbocycles. The molecule has 3 aromatic rings. The van der Waals surface area contributed by atoms with Crippen LogP contribution in [0.15, 0.2) is 42.5 Å². The zero-order valence-corrected chi connectivity index (χ0v) is 14.3. The van der Waals surface area contributed by atoms with Gasteiger partial charge in [-0.05, 0) is 18.9 Å². The average molecular weight is 329 g/mol. The molecular weight excluding hydrogens is 308 g/mol. The smallest absolute Gasteiger partial charge is 0.136 e. The zero-order valence-electron chi connectivity index (χ0n) is 13.6. The van der Waals surface area contributed by atoms with Crippen LogP contribution in [0.5, 0.6) is 11.5 Å². The van der Waals surface area contributed by atoms with Crippen LogP contribution in [0.3, 0.4) is 0 Å². The Labute approximate surface area is 142 Å². The molecule has 0 aliphatic heterocycles. The van der Waals surface area contributed by atoms with Gasteiger partial charge in [-0.25, -0.2) is 0 Å². The molecule has 0 saturated heterocycles. The molecule has 0 unspecified atom stereocenters. The van der Waals surface area contributed by atoms with E-state index in [2.05, 4.69) is 32.0 Å². The van der Waals surface area contributed by atoms with Crippen molar-refractivity contribution in [3.63, 3.8) is 0 Å². The number of hydrogen-bond acceptors (Lipinski definition) is 2. The van der Waals surface area contributed by atoms with E-state index in [0.29, 0.717) is 18.2 Å². The summed E-state index contributed by atoms with van der Waals surface area (Å²) < 4.78 is 12.2. The highest BCUT2D eigenvalue weighted by molar-refractivity contribution is 6.37. The van der Waals surface area contributed by atoms with Crippen molar-refractivity contribution >= 4 is 33.1 Å². The average Bonchev–Trinajstić information content (AvgIpc) is 2.58. The Bertz CT molecular complexity index is 827. The number of benzene rings is 3. The molecule has 23 heavy (non-hydrogen) atoms. The number of hydrogen-bond donors (Lipinski definition) is 0. The van der Waals surface area contributed by atoms with E-state index in [4.69, 9.17) is 21.1 Å². The van der Waals surface area contributed by atoms with E-state index >= 15 is 0 Å². The zero-order chi connectivity index (χ0) is 16.2. The van der Waals surface area contributed by atoms with Crippen LogP contribution in [-0.2, 0) is 0 Å². The second-order valence-corrected chi connectivity index (χ2v) is 5.97. The van der Waals surface area contributed by atoms with Gasteiger partial charge in [0, 0.05) is 21.5 Å². The molecule has 0 spiro atoms. The molecule has 0 aromatic heterocycles. The maximum Gasteiger partial charge on any atom is 0.136 e. The summed E-state index contributed by atoms with van der Waals surface area (Å²) in [5.74, 6) is 1.75. The van der Waals surface area contributed by atoms with Gasteiger partial charge in [-0.15, -0.1) is 0 Å². The minimum atomic E-state index is 0.666. The summed E-state index contributed by atoms with van der Waals surface area (Å²) in [5.41, 5.74) is 0. The van der Waals surface area contributed by atoms with Crippen LogP contribution in [0, 0.1) is 0 Å². The highest BCUT2D eigenvalue weighted by Gasteiger charge is 2.17. The van der Waals surface area contributed by atoms with Crippen molar-refractivity contribution in [2.75, 3.05) is 13.2 Å². The Balaban J connectivity index is 2.38. The lowest BCUT2D eigenvalue weighted by Gasteiger charge is -2.18. The van der Waals surface area contributed by atoms with Crippen molar-refractivity contribution in [2.24, 2.45) is 0 Å². The topological polar surface area (TPSA) is 18.5 Å². The van der Waals surface area contributed by atoms with E-state index < -0.39 is 0 Å². The summed E-state index contributed by atoms with van der Waals surface area (Å²) in [5, 5.41) is 4.76. The summed E-state index contributed by atoms with van der Waals surface area (Å²) in [6.07, 6.45) is 1.92. The van der Waals surface area contributed by atoms with Crippen LogP contribution in [0.2, 0.25) is 5.02 Å². The fourth-order valence-corrected chi connectivity index (χ4v) is 3.08. The van der Waals surface area contributed by atoms with Gasteiger partial charge in [0.15, 0.2) is 0 Å². The van der Waals surface area contributed by atoms with Crippen LogP contribution in [0.25, 0.3) is 21.5 Å². The summed E-state index contributed by atoms with van der Waals surface area (Å²) in [6.45, 7) is 5.56. The lowest BCUT2D eigenvalue weighted by molar-refractivity contribution is 0.319. The molecule has 0 atom stereocenters. The lowest BCUT2D eigenvalue weighted by atomic mass is 10.0. The van der Waals surface area contributed by atoms with Crippen molar-refractivity contribution in [2.45, 2.75) is 26.7 Å². The third-order valence-corrected chi connectivity index (χ3v) is 4.12. The summed E-state index contributed by atoms with van der Waals surface area (Å²) in [4.78, 5) is 0. The van der Waals surface area contributed by atoms with E-state index in [-0.39, 0.29) is 0 Å². The summed E-state index contributed by atoms with van der Waals surface area (Å²) in [7, 11) is 0. The van der Waals surface area contributed by atoms with Crippen molar-refractivity contribution in [1.29, 1.82) is 0 Å². The fourth-order valence-electron chi connectivity index (χ4n) is 2.82. The van der Waals surface area contributed by atoms with Gasteiger partial charge >= 0.3 is 0 Å². The van der Waals surface area contributed by atoms with Gasteiger partial charge in [0.1, 0.15) is 11.5 Å². The molecule has 0 amide bonds. The summed E-state index contributed by atoms with van der Waals surface area (Å²) >= 11 is 6.51. The molecule has 0 fully saturated rings. The first kappa shape index (κ1) is 15.9. The normalized spacial score (nSPS) is 11.1. The number of fused-ring (bicyclic) bond motifs is 2. The van der Waals surface area contributed by atoms with Crippen LogP contribution in [-0.4, -0.2) is 13.2 Å². The van der Waals surface area contributed by atoms with Crippen molar-refractivity contribution < 1.29 is 9.47 Å². The molecule has 0 saturated carbocycles. The molecule has 0 bridgehead atoms. The van der Waals surface area contributed by atoms with Gasteiger partial charge in [-0.2, -0.15) is 0 Å². The van der Waals surface area contributed by atoms with Crippen LogP contribution < -0.4 is 9.47 Å². The molecule has 3 heteroatoms. The molecule has 0 heterocycles. The molecular formula is C20H21ClO2. The number of rotatable bonds is 6. The Hall–Kier alpha value is -1.93. The minimum Gasteiger partial charge on any atom is -0.492 e. The molecule has 3 aromatic carbocycles. The molecule has 120 valence electrons. The predicted molar refractivity (Wildman–Crippen MR) is 98.0 cm³/mol. The molecule has 0 N–H and O–H groups in total. The first-order valence-electron chi connectivity index (χ1n) is 8.16. The Morgan fingerprint density at radius 3 is 1.96 bits per heavy atom. The Kier molecular flexibility index (Phi) is 4.92. The van der Waals surface area contributed by atoms with E-state index in [0.717, 1.165) is 45.9 Å². The fraction of sp³-hybridized carbons (Fsp3) is 0.300. The highest BCUT2D eigenvalue weighted by Crippen LogP contribution is 2.45. The highest BCUT2D eigenvalue weighted by atomic mass is 35.5. The molecule has 3 rings (SSSR count). The van der Waals surface area contributed by atoms with E-state index in [9.17, 15) is 0 Å². The van der Waals surface area contributed by atoms with Crippen molar-refractivity contribution in [3.05, 3.63) is 47.5 Å². The van der Waals surface area contributed by atoms with Gasteiger partial charge in [0.2, 0.25) is 0 Å². The first-order valence-corrected chi connectivity index (χ1v) is 8.54. The van der Waals surface area contributed by atoms with Gasteiger partial charge in [0.25, 0.3) is 0 Å². The third kappa shape index (κ3) is 2.96. The standard InChI is InChI=1S/C20H21ClO2/c1-3-12-22-19-14-8-5-6-9-15(14)20(23-13-4-2)18-16(19)10-7-11-17(18)21/h5-11H,3-4,12-13H2,1-2H3. The van der Waals surface area contributed by atoms with Crippen LogP contribution >= 0.6 is 11.6 Å². The van der Waals surface area contributed by atoms with Crippen LogP contribution in [0.4, 0.5) is 0 Å². The second kappa shape index (κ2) is 7.10. The molecule has 2 nitrogen and oxygen atoms in total. The predicted octanol–water partition coefficient (Wildman–Crippen LogP) is 6.22. The number of halogens is 1. The minimum absolute atomic E-state index is 0.666. The SMILES string of the molecule is CCCOc1c2ccccc2c(OCCC)c2c(Cl)cccc12. The van der Waals surface area contributed by atoms with E-state index in [1.165, 1.54) is 0 Å². The largest absolute Gasteiger partial charge is 0.492 e. The summed E-state index contributed by atoms with van der Waals surface area (Å²) in [6, 6.07) is 14.1. The van der Waals surface area contributed by atoms with Gasteiger partial charge in [0.05, 0.1) is 18.2 Å². The number of ether oxygens (including phenoxy) is 2.